The van der Waals surface area contributed by atoms with E-state index >= 15 is 0 Å². The van der Waals surface area contributed by atoms with Gasteiger partial charge in [0.25, 0.3) is 0 Å². The lowest BCUT2D eigenvalue weighted by molar-refractivity contribution is 0.0625. The zero-order valence-corrected chi connectivity index (χ0v) is 11.1. The molecule has 0 bridgehead atoms. The van der Waals surface area contributed by atoms with E-state index in [4.69, 9.17) is 18.6 Å². The topological polar surface area (TPSA) is 65.8 Å². The highest BCUT2D eigenvalue weighted by Gasteiger charge is 2.03. The van der Waals surface area contributed by atoms with Gasteiger partial charge in [-0.15, -0.1) is 0 Å². The molecule has 6 nitrogen and oxygen atoms in total. The molecule has 104 valence electrons. The highest BCUT2D eigenvalue weighted by molar-refractivity contribution is 4.99. The molecule has 1 rings (SSSR count). The first-order valence-electron chi connectivity index (χ1n) is 6.21. The summed E-state index contributed by atoms with van der Waals surface area (Å²) in [6.07, 6.45) is 2.72. The van der Waals surface area contributed by atoms with Gasteiger partial charge in [0.05, 0.1) is 25.5 Å². The molecule has 0 amide bonds. The normalized spacial score (nSPS) is 10.8. The van der Waals surface area contributed by atoms with Crippen LogP contribution in [0.5, 0.6) is 6.08 Å². The molecule has 18 heavy (non-hydrogen) atoms. The maximum Gasteiger partial charge on any atom is 0.393 e. The highest BCUT2D eigenvalue weighted by Crippen LogP contribution is 2.10. The number of rotatable bonds is 11. The number of ether oxygens (including phenoxy) is 3. The smallest absolute Gasteiger partial charge is 0.393 e. The number of hydrogen-bond acceptors (Lipinski definition) is 6. The summed E-state index contributed by atoms with van der Waals surface area (Å²) in [5.74, 6) is 0. The van der Waals surface area contributed by atoms with E-state index in [0.717, 1.165) is 18.7 Å². The average Bonchev–Trinajstić information content (AvgIpc) is 2.83. The predicted molar refractivity (Wildman–Crippen MR) is 66.7 cm³/mol. The molecule has 0 atom stereocenters. The van der Waals surface area contributed by atoms with Crippen LogP contribution in [0.4, 0.5) is 0 Å². The van der Waals surface area contributed by atoms with Crippen molar-refractivity contribution in [2.45, 2.75) is 19.9 Å². The van der Waals surface area contributed by atoms with Crippen molar-refractivity contribution in [3.05, 3.63) is 12.0 Å². The van der Waals surface area contributed by atoms with Crippen molar-refractivity contribution in [1.82, 2.24) is 10.3 Å². The zero-order chi connectivity index (χ0) is 13.1. The summed E-state index contributed by atoms with van der Waals surface area (Å²) in [6, 6.07) is 0. The number of aromatic nitrogens is 1. The maximum atomic E-state index is 5.36. The fourth-order valence-corrected chi connectivity index (χ4v) is 1.25. The van der Waals surface area contributed by atoms with Crippen molar-refractivity contribution >= 4 is 0 Å². The van der Waals surface area contributed by atoms with E-state index in [0.29, 0.717) is 39.0 Å². The van der Waals surface area contributed by atoms with Gasteiger partial charge in [-0.25, -0.2) is 0 Å². The molecule has 6 heteroatoms. The number of oxazole rings is 1. The van der Waals surface area contributed by atoms with Crippen LogP contribution in [-0.2, 0) is 16.0 Å². The monoisotopic (exact) mass is 258 g/mol. The van der Waals surface area contributed by atoms with Gasteiger partial charge in [0.15, 0.2) is 0 Å². The lowest BCUT2D eigenvalue weighted by atomic mass is 10.5. The molecule has 0 saturated heterocycles. The molecule has 1 aromatic rings. The van der Waals surface area contributed by atoms with Gasteiger partial charge < -0.3 is 23.9 Å². The minimum atomic E-state index is 0.319. The van der Waals surface area contributed by atoms with Crippen molar-refractivity contribution in [1.29, 1.82) is 0 Å². The average molecular weight is 258 g/mol. The highest BCUT2D eigenvalue weighted by atomic mass is 16.6. The minimum Gasteiger partial charge on any atom is -0.450 e. The van der Waals surface area contributed by atoms with Gasteiger partial charge in [0, 0.05) is 26.7 Å². The molecule has 1 N–H and O–H groups in total. The first-order valence-corrected chi connectivity index (χ1v) is 6.21. The van der Waals surface area contributed by atoms with Crippen LogP contribution in [0.3, 0.4) is 0 Å². The van der Waals surface area contributed by atoms with E-state index in [9.17, 15) is 0 Å². The molecule has 0 unspecified atom stereocenters. The van der Waals surface area contributed by atoms with Gasteiger partial charge in [-0.1, -0.05) is 6.92 Å². The summed E-state index contributed by atoms with van der Waals surface area (Å²) in [5.41, 5.74) is 0.850. The van der Waals surface area contributed by atoms with Gasteiger partial charge in [-0.05, 0) is 6.54 Å². The van der Waals surface area contributed by atoms with E-state index in [1.54, 1.807) is 13.4 Å². The Morgan fingerprint density at radius 1 is 1.28 bits per heavy atom. The molecular formula is C12H22N2O4. The maximum absolute atomic E-state index is 5.36. The van der Waals surface area contributed by atoms with E-state index in [-0.39, 0.29) is 0 Å². The molecular weight excluding hydrogens is 236 g/mol. The molecule has 0 spiro atoms. The van der Waals surface area contributed by atoms with Crippen LogP contribution in [0.1, 0.15) is 19.0 Å². The minimum absolute atomic E-state index is 0.319. The largest absolute Gasteiger partial charge is 0.450 e. The van der Waals surface area contributed by atoms with E-state index in [2.05, 4.69) is 10.3 Å². The summed E-state index contributed by atoms with van der Waals surface area (Å²) >= 11 is 0. The molecule has 1 heterocycles. The second kappa shape index (κ2) is 9.87. The van der Waals surface area contributed by atoms with Crippen molar-refractivity contribution in [3.8, 4) is 6.08 Å². The fourth-order valence-electron chi connectivity index (χ4n) is 1.25. The summed E-state index contributed by atoms with van der Waals surface area (Å²) in [7, 11) is 1.65. The lowest BCUT2D eigenvalue weighted by Crippen LogP contribution is -2.11. The summed E-state index contributed by atoms with van der Waals surface area (Å²) in [5, 5.41) is 3.16. The molecule has 0 aliphatic carbocycles. The van der Waals surface area contributed by atoms with E-state index in [1.165, 1.54) is 0 Å². The van der Waals surface area contributed by atoms with Gasteiger partial charge in [-0.2, -0.15) is 4.98 Å². The molecule has 1 aromatic heterocycles. The van der Waals surface area contributed by atoms with E-state index < -0.39 is 0 Å². The van der Waals surface area contributed by atoms with Gasteiger partial charge in [-0.3, -0.25) is 0 Å². The third kappa shape index (κ3) is 6.58. The first kappa shape index (κ1) is 14.9. The first-order chi connectivity index (χ1) is 8.86. The van der Waals surface area contributed by atoms with E-state index in [1.807, 2.05) is 6.92 Å². The van der Waals surface area contributed by atoms with Crippen molar-refractivity contribution in [3.63, 3.8) is 0 Å². The molecule has 0 aliphatic heterocycles. The second-order valence-electron chi connectivity index (χ2n) is 3.69. The van der Waals surface area contributed by atoms with Gasteiger partial charge in [0.1, 0.15) is 6.26 Å². The summed E-state index contributed by atoms with van der Waals surface area (Å²) < 4.78 is 20.7. The quantitative estimate of drug-likeness (QED) is 0.602. The SMILES string of the molecule is CCNCc1coc(OCCCOCCOC)n1. The standard InChI is InChI=1S/C12H22N2O4/c1-3-13-9-11-10-18-12(14-11)17-6-4-5-16-8-7-15-2/h10,13H,3-9H2,1-2H3. The third-order valence-electron chi connectivity index (χ3n) is 2.18. The summed E-state index contributed by atoms with van der Waals surface area (Å²) in [4.78, 5) is 4.18. The van der Waals surface area contributed by atoms with Crippen LogP contribution in [0.15, 0.2) is 10.7 Å². The van der Waals surface area contributed by atoms with Gasteiger partial charge >= 0.3 is 6.08 Å². The Morgan fingerprint density at radius 2 is 2.17 bits per heavy atom. The molecule has 0 fully saturated rings. The number of methoxy groups -OCH3 is 1. The van der Waals surface area contributed by atoms with Crippen LogP contribution in [-0.4, -0.2) is 45.1 Å². The van der Waals surface area contributed by atoms with Crippen molar-refractivity contribution < 1.29 is 18.6 Å². The molecule has 0 aliphatic rings. The molecule has 0 aromatic carbocycles. The molecule has 0 radical (unpaired) electrons. The Hall–Kier alpha value is -1.11. The fraction of sp³-hybridized carbons (Fsp3) is 0.750. The van der Waals surface area contributed by atoms with Crippen molar-refractivity contribution in [2.24, 2.45) is 0 Å². The van der Waals surface area contributed by atoms with Gasteiger partial charge in [0.2, 0.25) is 0 Å². The third-order valence-corrected chi connectivity index (χ3v) is 2.18. The Kier molecular flexibility index (Phi) is 8.20. The number of hydrogen-bond donors (Lipinski definition) is 1. The number of nitrogens with one attached hydrogen (secondary N) is 1. The number of nitrogens with zero attached hydrogens (tertiary/aromatic N) is 1. The Morgan fingerprint density at radius 3 is 2.94 bits per heavy atom. The van der Waals surface area contributed by atoms with Crippen LogP contribution in [0, 0.1) is 0 Å². The predicted octanol–water partition coefficient (Wildman–Crippen LogP) is 1.22. The summed E-state index contributed by atoms with van der Waals surface area (Å²) in [6.45, 7) is 6.06. The Bertz CT molecular complexity index is 304. The van der Waals surface area contributed by atoms with Crippen LogP contribution >= 0.6 is 0 Å². The Labute approximate surface area is 108 Å². The van der Waals surface area contributed by atoms with Crippen molar-refractivity contribution in [2.75, 3.05) is 40.1 Å². The van der Waals surface area contributed by atoms with Crippen LogP contribution in [0.2, 0.25) is 0 Å². The molecule has 0 saturated carbocycles. The van der Waals surface area contributed by atoms with Crippen LogP contribution in [0.25, 0.3) is 0 Å². The Balaban J connectivity index is 2.03. The zero-order valence-electron chi connectivity index (χ0n) is 11.1. The second-order valence-corrected chi connectivity index (χ2v) is 3.69. The lowest BCUT2D eigenvalue weighted by Gasteiger charge is -2.03. The van der Waals surface area contributed by atoms with Crippen LogP contribution < -0.4 is 10.1 Å².